The van der Waals surface area contributed by atoms with Crippen LogP contribution in [0.5, 0.6) is 0 Å². The van der Waals surface area contributed by atoms with Crippen LogP contribution in [0.1, 0.15) is 25.3 Å². The van der Waals surface area contributed by atoms with Crippen LogP contribution in [0.15, 0.2) is 24.3 Å². The van der Waals surface area contributed by atoms with Crippen LogP contribution in [0.25, 0.3) is 0 Å². The molecule has 2 rings (SSSR count). The second-order valence-electron chi connectivity index (χ2n) is 5.93. The van der Waals surface area contributed by atoms with Crippen LogP contribution >= 0.6 is 0 Å². The first-order chi connectivity index (χ1) is 10.6. The zero-order valence-electron chi connectivity index (χ0n) is 13.3. The van der Waals surface area contributed by atoms with E-state index < -0.39 is 6.10 Å². The lowest BCUT2D eigenvalue weighted by molar-refractivity contribution is -0.130. The molecule has 0 aromatic heterocycles. The van der Waals surface area contributed by atoms with Gasteiger partial charge in [-0.2, -0.15) is 0 Å². The van der Waals surface area contributed by atoms with Gasteiger partial charge in [-0.05, 0) is 44.8 Å². The standard InChI is InChI=1S/C17H25FN2O2/c1-13(22-2)17(21)19-11-14-7-9-20(10-8-14)12-15-5-3-4-6-16(15)18/h3-6,13-14H,7-12H2,1-2H3,(H,19,21)/t13-/m0/s1. The van der Waals surface area contributed by atoms with E-state index in [1.165, 1.54) is 13.2 Å². The van der Waals surface area contributed by atoms with Crippen LogP contribution in [0.4, 0.5) is 4.39 Å². The maximum absolute atomic E-state index is 13.7. The molecule has 0 saturated carbocycles. The Hall–Kier alpha value is -1.46. The Morgan fingerprint density at radius 3 is 2.73 bits per heavy atom. The molecule has 0 spiro atoms. The highest BCUT2D eigenvalue weighted by Gasteiger charge is 2.21. The van der Waals surface area contributed by atoms with Gasteiger partial charge in [0.2, 0.25) is 5.91 Å². The van der Waals surface area contributed by atoms with Crippen LogP contribution in [0.3, 0.4) is 0 Å². The minimum atomic E-state index is -0.402. The summed E-state index contributed by atoms with van der Waals surface area (Å²) in [5.74, 6) is 0.298. The van der Waals surface area contributed by atoms with Gasteiger partial charge in [0.05, 0.1) is 0 Å². The van der Waals surface area contributed by atoms with Crippen LogP contribution in [-0.4, -0.2) is 43.7 Å². The van der Waals surface area contributed by atoms with Gasteiger partial charge in [0.25, 0.3) is 0 Å². The third-order valence-electron chi connectivity index (χ3n) is 4.35. The van der Waals surface area contributed by atoms with Crippen molar-refractivity contribution in [2.75, 3.05) is 26.7 Å². The van der Waals surface area contributed by atoms with Gasteiger partial charge in [-0.3, -0.25) is 9.69 Å². The number of nitrogens with one attached hydrogen (secondary N) is 1. The maximum atomic E-state index is 13.7. The number of carbonyl (C=O) groups is 1. The quantitative estimate of drug-likeness (QED) is 0.876. The zero-order valence-corrected chi connectivity index (χ0v) is 13.3. The Bertz CT molecular complexity index is 487. The first-order valence-electron chi connectivity index (χ1n) is 7.86. The topological polar surface area (TPSA) is 41.6 Å². The van der Waals surface area contributed by atoms with Gasteiger partial charge in [-0.25, -0.2) is 4.39 Å². The van der Waals surface area contributed by atoms with Gasteiger partial charge in [0, 0.05) is 25.8 Å². The molecule has 0 bridgehead atoms. The number of piperidine rings is 1. The molecule has 0 aliphatic carbocycles. The first-order valence-corrected chi connectivity index (χ1v) is 7.86. The van der Waals surface area contributed by atoms with Crippen molar-refractivity contribution in [2.45, 2.75) is 32.4 Å². The van der Waals surface area contributed by atoms with E-state index in [1.807, 2.05) is 12.1 Å². The molecule has 4 nitrogen and oxygen atoms in total. The number of ether oxygens (including phenoxy) is 1. The van der Waals surface area contributed by atoms with Crippen LogP contribution in [0, 0.1) is 11.7 Å². The normalized spacial score (nSPS) is 18.1. The molecule has 1 amide bonds. The summed E-state index contributed by atoms with van der Waals surface area (Å²) in [4.78, 5) is 13.9. The average Bonchev–Trinajstić information content (AvgIpc) is 2.55. The fraction of sp³-hybridized carbons (Fsp3) is 0.588. The summed E-state index contributed by atoms with van der Waals surface area (Å²) in [6, 6.07) is 6.94. The molecule has 122 valence electrons. The lowest BCUT2D eigenvalue weighted by Crippen LogP contribution is -2.41. The van der Waals surface area contributed by atoms with E-state index in [0.29, 0.717) is 19.0 Å². The van der Waals surface area contributed by atoms with Gasteiger partial charge in [-0.15, -0.1) is 0 Å². The Balaban J connectivity index is 1.72. The largest absolute Gasteiger partial charge is 0.372 e. The van der Waals surface area contributed by atoms with Crippen LogP contribution in [0.2, 0.25) is 0 Å². The second-order valence-corrected chi connectivity index (χ2v) is 5.93. The Morgan fingerprint density at radius 2 is 2.09 bits per heavy atom. The second kappa shape index (κ2) is 8.25. The molecular weight excluding hydrogens is 283 g/mol. The summed E-state index contributed by atoms with van der Waals surface area (Å²) in [5.41, 5.74) is 0.753. The SMILES string of the molecule is CO[C@@H](C)C(=O)NCC1CCN(Cc2ccccc2F)CC1. The van der Waals surface area contributed by atoms with E-state index in [-0.39, 0.29) is 11.7 Å². The van der Waals surface area contributed by atoms with Crippen molar-refractivity contribution in [1.82, 2.24) is 10.2 Å². The van der Waals surface area contributed by atoms with Gasteiger partial charge < -0.3 is 10.1 Å². The lowest BCUT2D eigenvalue weighted by Gasteiger charge is -2.32. The molecule has 5 heteroatoms. The number of methoxy groups -OCH3 is 1. The number of benzene rings is 1. The molecule has 1 saturated heterocycles. The molecule has 0 unspecified atom stereocenters. The van der Waals surface area contributed by atoms with Crippen LogP contribution < -0.4 is 5.32 Å². The lowest BCUT2D eigenvalue weighted by atomic mass is 9.96. The number of halogens is 1. The van der Waals surface area contributed by atoms with E-state index in [2.05, 4.69) is 10.2 Å². The van der Waals surface area contributed by atoms with Crippen LogP contribution in [-0.2, 0) is 16.1 Å². The summed E-state index contributed by atoms with van der Waals surface area (Å²) in [6.07, 6.45) is 1.65. The molecule has 1 aliphatic rings. The summed E-state index contributed by atoms with van der Waals surface area (Å²) >= 11 is 0. The molecule has 1 N–H and O–H groups in total. The highest BCUT2D eigenvalue weighted by atomic mass is 19.1. The Labute approximate surface area is 131 Å². The van der Waals surface area contributed by atoms with Crippen molar-refractivity contribution < 1.29 is 13.9 Å². The molecule has 1 aliphatic heterocycles. The van der Waals surface area contributed by atoms with Crippen molar-refractivity contribution in [3.05, 3.63) is 35.6 Å². The maximum Gasteiger partial charge on any atom is 0.248 e. The van der Waals surface area contributed by atoms with Gasteiger partial charge >= 0.3 is 0 Å². The molecule has 1 fully saturated rings. The van der Waals surface area contributed by atoms with Crippen molar-refractivity contribution in [3.8, 4) is 0 Å². The third-order valence-corrected chi connectivity index (χ3v) is 4.35. The molecule has 22 heavy (non-hydrogen) atoms. The van der Waals surface area contributed by atoms with E-state index in [4.69, 9.17) is 4.74 Å². The number of likely N-dealkylation sites (tertiary alicyclic amines) is 1. The molecule has 1 aromatic carbocycles. The Kier molecular flexibility index (Phi) is 6.34. The van der Waals surface area contributed by atoms with Crippen molar-refractivity contribution in [2.24, 2.45) is 5.92 Å². The molecule has 0 radical (unpaired) electrons. The minimum absolute atomic E-state index is 0.0590. The fourth-order valence-corrected chi connectivity index (χ4v) is 2.71. The predicted octanol–water partition coefficient (Wildman–Crippen LogP) is 2.19. The zero-order chi connectivity index (χ0) is 15.9. The number of rotatable bonds is 6. The summed E-state index contributed by atoms with van der Waals surface area (Å²) in [5, 5.41) is 2.93. The predicted molar refractivity (Wildman–Crippen MR) is 83.9 cm³/mol. The third kappa shape index (κ3) is 4.78. The van der Waals surface area contributed by atoms with Gasteiger partial charge in [-0.1, -0.05) is 18.2 Å². The summed E-state index contributed by atoms with van der Waals surface area (Å²) < 4.78 is 18.6. The number of hydrogen-bond acceptors (Lipinski definition) is 3. The molecule has 1 aromatic rings. The smallest absolute Gasteiger partial charge is 0.248 e. The highest BCUT2D eigenvalue weighted by molar-refractivity contribution is 5.80. The van der Waals surface area contributed by atoms with E-state index >= 15 is 0 Å². The molecular formula is C17H25FN2O2. The van der Waals surface area contributed by atoms with Gasteiger partial charge in [0.15, 0.2) is 0 Å². The van der Waals surface area contributed by atoms with E-state index in [0.717, 1.165) is 31.5 Å². The number of amides is 1. The summed E-state index contributed by atoms with van der Waals surface area (Å²) in [7, 11) is 1.53. The van der Waals surface area contributed by atoms with E-state index in [1.54, 1.807) is 13.0 Å². The average molecular weight is 308 g/mol. The number of carbonyl (C=O) groups excluding carboxylic acids is 1. The monoisotopic (exact) mass is 308 g/mol. The fourth-order valence-electron chi connectivity index (χ4n) is 2.71. The number of nitrogens with zero attached hydrogens (tertiary/aromatic N) is 1. The first kappa shape index (κ1) is 16.9. The summed E-state index contributed by atoms with van der Waals surface area (Å²) in [6.45, 7) is 4.97. The highest BCUT2D eigenvalue weighted by Crippen LogP contribution is 2.19. The van der Waals surface area contributed by atoms with Crippen molar-refractivity contribution >= 4 is 5.91 Å². The van der Waals surface area contributed by atoms with Crippen molar-refractivity contribution in [3.63, 3.8) is 0 Å². The molecule has 1 atom stereocenters. The minimum Gasteiger partial charge on any atom is -0.372 e. The molecule has 1 heterocycles. The Morgan fingerprint density at radius 1 is 1.41 bits per heavy atom. The number of hydrogen-bond donors (Lipinski definition) is 1. The van der Waals surface area contributed by atoms with Gasteiger partial charge in [0.1, 0.15) is 11.9 Å². The van der Waals surface area contributed by atoms with Crippen molar-refractivity contribution in [1.29, 1.82) is 0 Å². The van der Waals surface area contributed by atoms with E-state index in [9.17, 15) is 9.18 Å².